The molecule has 4 rings (SSSR count). The molecule has 0 bridgehead atoms. The second-order valence-corrected chi connectivity index (χ2v) is 8.07. The molecule has 32 heavy (non-hydrogen) atoms. The van der Waals surface area contributed by atoms with E-state index in [2.05, 4.69) is 9.88 Å². The van der Waals surface area contributed by atoms with Crippen LogP contribution in [0.5, 0.6) is 11.6 Å². The summed E-state index contributed by atoms with van der Waals surface area (Å²) in [6.45, 7) is 2.31. The highest BCUT2D eigenvalue weighted by molar-refractivity contribution is 6.35. The monoisotopic (exact) mass is 471 g/mol. The summed E-state index contributed by atoms with van der Waals surface area (Å²) in [6.07, 6.45) is 1.54. The van der Waals surface area contributed by atoms with Gasteiger partial charge in [-0.3, -0.25) is 4.79 Å². The fraction of sp³-hybridized carbons (Fsp3) is 0.174. The zero-order valence-corrected chi connectivity index (χ0v) is 18.4. The Morgan fingerprint density at radius 2 is 1.59 bits per heavy atom. The Balaban J connectivity index is 1.45. The second kappa shape index (κ2) is 9.46. The van der Waals surface area contributed by atoms with Gasteiger partial charge in [-0.05, 0) is 54.6 Å². The van der Waals surface area contributed by atoms with Gasteiger partial charge < -0.3 is 19.6 Å². The number of carbonyl (C=O) groups is 2. The van der Waals surface area contributed by atoms with Crippen molar-refractivity contribution in [3.63, 3.8) is 0 Å². The van der Waals surface area contributed by atoms with Gasteiger partial charge in [0, 0.05) is 48.1 Å². The number of hydrogen-bond donors (Lipinski definition) is 1. The molecule has 0 saturated carbocycles. The smallest absolute Gasteiger partial charge is 0.335 e. The summed E-state index contributed by atoms with van der Waals surface area (Å²) < 4.78 is 5.78. The third-order valence-electron chi connectivity index (χ3n) is 5.10. The summed E-state index contributed by atoms with van der Waals surface area (Å²) in [5.74, 6) is -0.640. The first-order valence-electron chi connectivity index (χ1n) is 9.87. The summed E-state index contributed by atoms with van der Waals surface area (Å²) in [4.78, 5) is 32.3. The molecular weight excluding hydrogens is 453 g/mol. The minimum Gasteiger partial charge on any atom is -0.478 e. The third kappa shape index (κ3) is 4.95. The van der Waals surface area contributed by atoms with Crippen molar-refractivity contribution >= 4 is 40.8 Å². The van der Waals surface area contributed by atoms with Crippen LogP contribution < -0.4 is 9.64 Å². The van der Waals surface area contributed by atoms with Crippen LogP contribution in [-0.2, 0) is 0 Å². The number of carboxylic acid groups (broad SMARTS) is 1. The Morgan fingerprint density at radius 3 is 2.22 bits per heavy atom. The molecule has 164 valence electrons. The number of halogens is 2. The number of rotatable bonds is 5. The molecule has 1 N–H and O–H groups in total. The number of nitrogens with zero attached hydrogens (tertiary/aromatic N) is 3. The van der Waals surface area contributed by atoms with Gasteiger partial charge in [-0.15, -0.1) is 0 Å². The van der Waals surface area contributed by atoms with Crippen LogP contribution in [0.3, 0.4) is 0 Å². The van der Waals surface area contributed by atoms with Crippen LogP contribution in [0.1, 0.15) is 20.7 Å². The van der Waals surface area contributed by atoms with Crippen molar-refractivity contribution in [2.45, 2.75) is 0 Å². The quantitative estimate of drug-likeness (QED) is 0.572. The van der Waals surface area contributed by atoms with E-state index in [1.165, 1.54) is 24.3 Å². The van der Waals surface area contributed by atoms with Crippen molar-refractivity contribution in [3.05, 3.63) is 82.0 Å². The van der Waals surface area contributed by atoms with Crippen LogP contribution >= 0.6 is 23.2 Å². The van der Waals surface area contributed by atoms with Gasteiger partial charge in [0.15, 0.2) is 0 Å². The fourth-order valence-corrected chi connectivity index (χ4v) is 3.99. The molecule has 1 aromatic heterocycles. The van der Waals surface area contributed by atoms with Crippen LogP contribution in [0.25, 0.3) is 0 Å². The predicted octanol–water partition coefficient (Wildman–Crippen LogP) is 4.84. The Morgan fingerprint density at radius 1 is 0.938 bits per heavy atom. The SMILES string of the molecule is O=C(O)c1ccc(Oc2ncccc2C(=O)N2CCN(c3cc(Cl)cc(Cl)c3)CC2)cc1. The van der Waals surface area contributed by atoms with Crippen LogP contribution in [0, 0.1) is 0 Å². The Bertz CT molecular complexity index is 1130. The van der Waals surface area contributed by atoms with Gasteiger partial charge >= 0.3 is 5.97 Å². The lowest BCUT2D eigenvalue weighted by atomic mass is 10.2. The highest BCUT2D eigenvalue weighted by atomic mass is 35.5. The van der Waals surface area contributed by atoms with Crippen molar-refractivity contribution in [3.8, 4) is 11.6 Å². The van der Waals surface area contributed by atoms with Gasteiger partial charge in [0.05, 0.1) is 5.56 Å². The molecule has 0 unspecified atom stereocenters. The summed E-state index contributed by atoms with van der Waals surface area (Å²) in [7, 11) is 0. The number of carboxylic acids is 1. The number of aromatic nitrogens is 1. The molecule has 0 radical (unpaired) electrons. The van der Waals surface area contributed by atoms with Crippen LogP contribution in [0.2, 0.25) is 10.0 Å². The molecule has 3 aromatic rings. The molecule has 0 aliphatic carbocycles. The molecule has 1 saturated heterocycles. The van der Waals surface area contributed by atoms with Crippen LogP contribution in [-0.4, -0.2) is 53.0 Å². The normalized spacial score (nSPS) is 13.7. The largest absolute Gasteiger partial charge is 0.478 e. The molecular formula is C23H19Cl2N3O4. The zero-order chi connectivity index (χ0) is 22.7. The number of hydrogen-bond acceptors (Lipinski definition) is 5. The van der Waals surface area contributed by atoms with E-state index in [0.717, 1.165) is 5.69 Å². The molecule has 1 aliphatic rings. The standard InChI is InChI=1S/C23H19Cl2N3O4/c24-16-12-17(25)14-18(13-16)27-8-10-28(11-9-27)22(29)20-2-1-7-26-21(20)32-19-5-3-15(4-6-19)23(30)31/h1-7,12-14H,8-11H2,(H,30,31). The van der Waals surface area contributed by atoms with Gasteiger partial charge in [0.1, 0.15) is 11.3 Å². The Kier molecular flexibility index (Phi) is 6.48. The Hall–Kier alpha value is -3.29. The summed E-state index contributed by atoms with van der Waals surface area (Å²) in [5.41, 5.74) is 1.41. The second-order valence-electron chi connectivity index (χ2n) is 7.19. The van der Waals surface area contributed by atoms with Gasteiger partial charge in [-0.2, -0.15) is 0 Å². The zero-order valence-electron chi connectivity index (χ0n) is 16.9. The van der Waals surface area contributed by atoms with E-state index in [-0.39, 0.29) is 17.4 Å². The maximum absolute atomic E-state index is 13.2. The van der Waals surface area contributed by atoms with Crippen molar-refractivity contribution in [1.29, 1.82) is 0 Å². The maximum atomic E-state index is 13.2. The average Bonchev–Trinajstić information content (AvgIpc) is 2.79. The molecule has 2 aromatic carbocycles. The molecule has 0 atom stereocenters. The van der Waals surface area contributed by atoms with Gasteiger partial charge in [-0.1, -0.05) is 23.2 Å². The minimum absolute atomic E-state index is 0.147. The summed E-state index contributed by atoms with van der Waals surface area (Å²) in [6, 6.07) is 14.7. The lowest BCUT2D eigenvalue weighted by Crippen LogP contribution is -2.48. The maximum Gasteiger partial charge on any atom is 0.335 e. The first-order valence-corrected chi connectivity index (χ1v) is 10.6. The summed E-state index contributed by atoms with van der Waals surface area (Å²) in [5, 5.41) is 10.2. The minimum atomic E-state index is -1.02. The first-order chi connectivity index (χ1) is 15.4. The van der Waals surface area contributed by atoms with Crippen LogP contribution in [0.15, 0.2) is 60.8 Å². The number of aromatic carboxylic acids is 1. The van der Waals surface area contributed by atoms with Gasteiger partial charge in [0.25, 0.3) is 5.91 Å². The van der Waals surface area contributed by atoms with Gasteiger partial charge in [0.2, 0.25) is 5.88 Å². The van der Waals surface area contributed by atoms with Crippen molar-refractivity contribution in [2.24, 2.45) is 0 Å². The number of carbonyl (C=O) groups excluding carboxylic acids is 1. The Labute approximate surface area is 194 Å². The molecule has 9 heteroatoms. The number of amides is 1. The number of anilines is 1. The van der Waals surface area contributed by atoms with E-state index < -0.39 is 5.97 Å². The van der Waals surface area contributed by atoms with E-state index in [0.29, 0.717) is 47.5 Å². The third-order valence-corrected chi connectivity index (χ3v) is 5.53. The van der Waals surface area contributed by atoms with E-state index in [1.54, 1.807) is 29.3 Å². The first kappa shape index (κ1) is 21.9. The summed E-state index contributed by atoms with van der Waals surface area (Å²) >= 11 is 12.2. The predicted molar refractivity (Wildman–Crippen MR) is 122 cm³/mol. The number of pyridine rings is 1. The van der Waals surface area contributed by atoms with Crippen molar-refractivity contribution in [1.82, 2.24) is 9.88 Å². The molecule has 2 heterocycles. The lowest BCUT2D eigenvalue weighted by Gasteiger charge is -2.36. The van der Waals surface area contributed by atoms with Crippen molar-refractivity contribution < 1.29 is 19.4 Å². The number of piperazine rings is 1. The fourth-order valence-electron chi connectivity index (χ4n) is 3.47. The molecule has 0 spiro atoms. The molecule has 7 nitrogen and oxygen atoms in total. The van der Waals surface area contributed by atoms with Gasteiger partial charge in [-0.25, -0.2) is 9.78 Å². The lowest BCUT2D eigenvalue weighted by molar-refractivity contribution is 0.0695. The highest BCUT2D eigenvalue weighted by Crippen LogP contribution is 2.28. The molecule has 1 amide bonds. The van der Waals surface area contributed by atoms with E-state index in [9.17, 15) is 9.59 Å². The topological polar surface area (TPSA) is 83.0 Å². The number of ether oxygens (including phenoxy) is 1. The highest BCUT2D eigenvalue weighted by Gasteiger charge is 2.25. The molecule has 1 fully saturated rings. The number of benzene rings is 2. The van der Waals surface area contributed by atoms with E-state index >= 15 is 0 Å². The van der Waals surface area contributed by atoms with E-state index in [1.807, 2.05) is 12.1 Å². The van der Waals surface area contributed by atoms with Crippen LogP contribution in [0.4, 0.5) is 5.69 Å². The average molecular weight is 472 g/mol. The molecule has 1 aliphatic heterocycles. The van der Waals surface area contributed by atoms with E-state index in [4.69, 9.17) is 33.0 Å². The van der Waals surface area contributed by atoms with Crippen molar-refractivity contribution in [2.75, 3.05) is 31.1 Å².